The van der Waals surface area contributed by atoms with E-state index in [2.05, 4.69) is 364 Å². The summed E-state index contributed by atoms with van der Waals surface area (Å²) in [5, 5.41) is 20.3. The summed E-state index contributed by atoms with van der Waals surface area (Å²) in [7, 11) is 0. The minimum atomic E-state index is -0.0652. The molecule has 0 fully saturated rings. The number of nitrogens with zero attached hydrogens (tertiary/aromatic N) is 6. The fourth-order valence-electron chi connectivity index (χ4n) is 19.6. The van der Waals surface area contributed by atoms with E-state index < -0.39 is 0 Å². The minimum absolute atomic E-state index is 0.0652. The predicted molar refractivity (Wildman–Crippen MR) is 503 cm³/mol. The van der Waals surface area contributed by atoms with Gasteiger partial charge in [-0.25, -0.2) is 0 Å². The quantitative estimate of drug-likeness (QED) is 0.166. The second kappa shape index (κ2) is 26.2. The molecule has 0 aliphatic heterocycles. The monoisotopic (exact) mass is 1570 g/mol. The molecule has 0 radical (unpaired) electrons. The van der Waals surface area contributed by atoms with E-state index >= 15 is 0 Å². The van der Waals surface area contributed by atoms with E-state index in [1.54, 1.807) is 0 Å². The number of hydrogen-bond acceptors (Lipinski definition) is 8. The Hall–Kier alpha value is -14.6. The van der Waals surface area contributed by atoms with Crippen molar-refractivity contribution in [2.45, 2.75) is 19.3 Å². The average Bonchev–Trinajstić information content (AvgIpc) is 1.56. The van der Waals surface area contributed by atoms with E-state index in [0.717, 1.165) is 66.7 Å². The summed E-state index contributed by atoms with van der Waals surface area (Å²) >= 11 is 5.73. The zero-order chi connectivity index (χ0) is 78.3. The van der Waals surface area contributed by atoms with Crippen molar-refractivity contribution in [2.75, 3.05) is 0 Å². The highest BCUT2D eigenvalue weighted by Gasteiger charge is 2.38. The van der Waals surface area contributed by atoms with E-state index in [1.807, 2.05) is 77.3 Å². The van der Waals surface area contributed by atoms with Crippen LogP contribution in [-0.2, 0) is 5.41 Å². The highest BCUT2D eigenvalue weighted by Crippen LogP contribution is 2.55. The maximum atomic E-state index is 6.99. The van der Waals surface area contributed by atoms with Gasteiger partial charge in [-0.15, -0.1) is 34.0 Å². The first kappa shape index (κ1) is 67.7. The molecule has 11 heteroatoms. The number of benzene rings is 15. The number of hydrogen-bond donors (Lipinski definition) is 0. The van der Waals surface area contributed by atoms with Crippen molar-refractivity contribution in [1.82, 2.24) is 28.7 Å². The Bertz CT molecular complexity index is 8390. The summed E-state index contributed by atoms with van der Waals surface area (Å²) < 4.78 is 28.5. The molecule has 0 atom stereocenters. The fraction of sp³-hybridized carbons (Fsp3) is 0.0278. The van der Waals surface area contributed by atoms with Crippen LogP contribution >= 0.6 is 34.0 Å². The number of thiophene rings is 3. The number of aromatic nitrogens is 6. The summed E-state index contributed by atoms with van der Waals surface area (Å²) in [5.74, 6) is 0. The molecule has 0 saturated heterocycles. The topological polar surface area (TPSA) is 79.7 Å². The number of furan rings is 2. The van der Waals surface area contributed by atoms with Gasteiger partial charge in [-0.2, -0.15) is 0 Å². The van der Waals surface area contributed by atoms with E-state index in [-0.39, 0.29) is 5.41 Å². The lowest BCUT2D eigenvalue weighted by atomic mass is 9.82. The number of pyridine rings is 3. The third kappa shape index (κ3) is 10.2. The minimum Gasteiger partial charge on any atom is -0.456 e. The van der Waals surface area contributed by atoms with Gasteiger partial charge in [0, 0.05) is 174 Å². The van der Waals surface area contributed by atoms with Gasteiger partial charge >= 0.3 is 0 Å². The van der Waals surface area contributed by atoms with Crippen molar-refractivity contribution >= 4 is 204 Å². The lowest BCUT2D eigenvalue weighted by Crippen LogP contribution is -2.14. The maximum Gasteiger partial charge on any atom is 0.145 e. The SMILES string of the molecule is CC1(C)c2ccccc2-c2c1ccc1c2oc2c1ccc1c2c2ccccc2n1-c1cccc(-c2ccncc2)c1.c1cc(-c2ccncc2)cc(-n2c3ccccc3c3c4sc5c(ccc6oc7ccccc7c65)c4ccc32)c1.c1cc(-c2ccncc2)cc(-n2c3ccccc3c3c4sc5c(ccc6sc7ccccc7c65)c4ccc32)c1. The van der Waals surface area contributed by atoms with E-state index in [0.29, 0.717) is 0 Å². The van der Waals surface area contributed by atoms with Crippen LogP contribution in [0.4, 0.5) is 0 Å². The molecule has 0 N–H and O–H groups in total. The average molecular weight is 1580 g/mol. The lowest BCUT2D eigenvalue weighted by Gasteiger charge is -2.21. The molecule has 0 bridgehead atoms. The molecule has 1 aliphatic rings. The number of fused-ring (bicyclic) bond motifs is 33. The van der Waals surface area contributed by atoms with Crippen LogP contribution in [0.1, 0.15) is 25.0 Å². The summed E-state index contributed by atoms with van der Waals surface area (Å²) in [6.45, 7) is 4.64. The molecule has 15 aromatic carbocycles. The van der Waals surface area contributed by atoms with Crippen molar-refractivity contribution in [3.8, 4) is 61.6 Å². The van der Waals surface area contributed by atoms with Gasteiger partial charge < -0.3 is 22.5 Å². The summed E-state index contributed by atoms with van der Waals surface area (Å²) in [4.78, 5) is 12.6. The zero-order valence-corrected chi connectivity index (χ0v) is 66.8. The van der Waals surface area contributed by atoms with Gasteiger partial charge in [-0.3, -0.25) is 15.0 Å². The second-order valence-electron chi connectivity index (χ2n) is 31.6. The molecule has 119 heavy (non-hydrogen) atoms. The summed E-state index contributed by atoms with van der Waals surface area (Å²) in [6.07, 6.45) is 11.1. The molecule has 27 rings (SSSR count). The molecule has 11 heterocycles. The Morgan fingerprint density at radius 2 is 0.672 bits per heavy atom. The Balaban J connectivity index is 0.0000000992. The molecule has 558 valence electrons. The molecule has 0 spiro atoms. The molecule has 8 nitrogen and oxygen atoms in total. The summed E-state index contributed by atoms with van der Waals surface area (Å²) in [5.41, 5.74) is 26.6. The van der Waals surface area contributed by atoms with Gasteiger partial charge in [-0.1, -0.05) is 196 Å². The molecule has 0 amide bonds. The zero-order valence-electron chi connectivity index (χ0n) is 64.4. The van der Waals surface area contributed by atoms with Crippen molar-refractivity contribution in [1.29, 1.82) is 0 Å². The molecular weight excluding hydrogens is 1510 g/mol. The van der Waals surface area contributed by atoms with Crippen molar-refractivity contribution in [2.24, 2.45) is 0 Å². The highest BCUT2D eigenvalue weighted by molar-refractivity contribution is 7.30. The van der Waals surface area contributed by atoms with Crippen LogP contribution in [0.15, 0.2) is 374 Å². The van der Waals surface area contributed by atoms with Gasteiger partial charge in [-0.05, 0) is 196 Å². The normalized spacial score (nSPS) is 12.7. The molecule has 0 unspecified atom stereocenters. The van der Waals surface area contributed by atoms with Crippen molar-refractivity contribution < 1.29 is 8.83 Å². The van der Waals surface area contributed by atoms with Crippen LogP contribution in [0.2, 0.25) is 0 Å². The van der Waals surface area contributed by atoms with Gasteiger partial charge in [0.25, 0.3) is 0 Å². The standard InChI is InChI=1S/C38H26N2O.C35H20N2OS.C35H20N2S2/c1-38(2)30-12-5-3-10-28(30)34-31(38)16-14-26-27-15-17-33-35(37(27)41-36(26)34)29-11-4-6-13-32(29)40(33)25-9-7-8-24(22-25)23-18-20-39-21-19-23;2*1-3-10-28-26(8-1)32-29(37(28)23-7-5-6-22(20-23)21-16-18-36-19-17-21)14-12-24-25-13-15-31-33(35(25)39-34(24)32)27-9-2-4-11-30(27)38-31/h3-22H,1-2H3;2*1-20H. The Morgan fingerprint density at radius 1 is 0.252 bits per heavy atom. The van der Waals surface area contributed by atoms with E-state index in [9.17, 15) is 0 Å². The largest absolute Gasteiger partial charge is 0.456 e. The van der Waals surface area contributed by atoms with Gasteiger partial charge in [0.1, 0.15) is 22.3 Å². The first-order valence-corrected chi connectivity index (χ1v) is 42.7. The predicted octanol–water partition coefficient (Wildman–Crippen LogP) is 30.7. The van der Waals surface area contributed by atoms with Crippen molar-refractivity contribution in [3.05, 3.63) is 376 Å². The molecule has 0 saturated carbocycles. The maximum absolute atomic E-state index is 6.99. The van der Waals surface area contributed by atoms with E-state index in [1.165, 1.54) is 176 Å². The van der Waals surface area contributed by atoms with Crippen LogP contribution in [0.3, 0.4) is 0 Å². The third-order valence-corrected chi connectivity index (χ3v) is 28.6. The Morgan fingerprint density at radius 3 is 1.23 bits per heavy atom. The third-order valence-electron chi connectivity index (χ3n) is 24.9. The Labute approximate surface area is 692 Å². The van der Waals surface area contributed by atoms with Gasteiger partial charge in [0.15, 0.2) is 0 Å². The van der Waals surface area contributed by atoms with Gasteiger partial charge in [0.05, 0.1) is 38.5 Å². The van der Waals surface area contributed by atoms with Crippen LogP contribution in [0.5, 0.6) is 0 Å². The van der Waals surface area contributed by atoms with Gasteiger partial charge in [0.2, 0.25) is 0 Å². The number of para-hydroxylation sites is 4. The summed E-state index contributed by atoms with van der Waals surface area (Å²) in [6, 6.07) is 118. The highest BCUT2D eigenvalue weighted by atomic mass is 32.1. The van der Waals surface area contributed by atoms with Crippen LogP contribution in [0.25, 0.3) is 231 Å². The first-order valence-electron chi connectivity index (χ1n) is 40.2. The van der Waals surface area contributed by atoms with Crippen molar-refractivity contribution in [3.63, 3.8) is 0 Å². The van der Waals surface area contributed by atoms with E-state index in [4.69, 9.17) is 8.83 Å². The van der Waals surface area contributed by atoms with Crippen LogP contribution < -0.4 is 0 Å². The first-order chi connectivity index (χ1) is 58.8. The smallest absolute Gasteiger partial charge is 0.145 e. The number of rotatable bonds is 6. The van der Waals surface area contributed by atoms with Crippen LogP contribution in [-0.4, -0.2) is 28.7 Å². The molecular formula is C108H66N6O2S3. The second-order valence-corrected chi connectivity index (χ2v) is 34.7. The molecule has 26 aromatic rings. The lowest BCUT2D eigenvalue weighted by molar-refractivity contribution is 0.654. The van der Waals surface area contributed by atoms with Crippen LogP contribution in [0, 0.1) is 0 Å². The fourth-order valence-corrected chi connectivity index (χ4v) is 23.6. The molecule has 1 aliphatic carbocycles. The Kier molecular flexibility index (Phi) is 14.9. The molecule has 11 aromatic heterocycles.